The summed E-state index contributed by atoms with van der Waals surface area (Å²) in [6.45, 7) is 2.02. The first-order valence-electron chi connectivity index (χ1n) is 9.61. The lowest BCUT2D eigenvalue weighted by atomic mass is 10.1. The number of rotatable bonds is 6. The molecule has 0 saturated heterocycles. The molecule has 0 N–H and O–H groups in total. The molecular formula is C23H19N3O4. The lowest BCUT2D eigenvalue weighted by molar-refractivity contribution is -0.384. The van der Waals surface area contributed by atoms with Crippen LogP contribution in [0.2, 0.25) is 0 Å². The van der Waals surface area contributed by atoms with Gasteiger partial charge < -0.3 is 4.42 Å². The fourth-order valence-corrected chi connectivity index (χ4v) is 3.33. The monoisotopic (exact) mass is 401 g/mol. The number of furan rings is 1. The van der Waals surface area contributed by atoms with Gasteiger partial charge in [0.05, 0.1) is 27.5 Å². The van der Waals surface area contributed by atoms with Crippen molar-refractivity contribution in [1.29, 1.82) is 0 Å². The Morgan fingerprint density at radius 1 is 1.07 bits per heavy atom. The third-order valence-electron chi connectivity index (χ3n) is 4.72. The minimum absolute atomic E-state index is 0.0357. The van der Waals surface area contributed by atoms with Gasteiger partial charge in [-0.25, -0.2) is 0 Å². The van der Waals surface area contributed by atoms with Crippen LogP contribution in [-0.2, 0) is 4.79 Å². The van der Waals surface area contributed by atoms with Gasteiger partial charge in [0, 0.05) is 6.07 Å². The summed E-state index contributed by atoms with van der Waals surface area (Å²) in [7, 11) is 0. The summed E-state index contributed by atoms with van der Waals surface area (Å²) in [6.07, 6.45) is 3.14. The first kappa shape index (κ1) is 19.3. The average Bonchev–Trinajstić information content (AvgIpc) is 3.35. The van der Waals surface area contributed by atoms with Gasteiger partial charge in [-0.2, -0.15) is 10.1 Å². The van der Waals surface area contributed by atoms with E-state index in [1.807, 2.05) is 37.3 Å². The van der Waals surface area contributed by atoms with Gasteiger partial charge in [0.2, 0.25) is 0 Å². The van der Waals surface area contributed by atoms with E-state index >= 15 is 0 Å². The molecule has 7 heteroatoms. The number of nitro groups is 1. The summed E-state index contributed by atoms with van der Waals surface area (Å²) in [6, 6.07) is 19.0. The molecule has 1 aliphatic rings. The topological polar surface area (TPSA) is 89.0 Å². The van der Waals surface area contributed by atoms with E-state index in [1.165, 1.54) is 11.1 Å². The Hall–Kier alpha value is -4.00. The Morgan fingerprint density at radius 3 is 2.53 bits per heavy atom. The second kappa shape index (κ2) is 8.16. The molecule has 30 heavy (non-hydrogen) atoms. The van der Waals surface area contributed by atoms with Crippen molar-refractivity contribution >= 4 is 29.1 Å². The minimum atomic E-state index is -0.444. The lowest BCUT2D eigenvalue weighted by Crippen LogP contribution is -2.21. The van der Waals surface area contributed by atoms with Crippen LogP contribution < -0.4 is 5.01 Å². The predicted octanol–water partition coefficient (Wildman–Crippen LogP) is 5.44. The summed E-state index contributed by atoms with van der Waals surface area (Å²) < 4.78 is 5.83. The Bertz CT molecular complexity index is 1160. The quantitative estimate of drug-likeness (QED) is 0.312. The molecule has 0 bridgehead atoms. The van der Waals surface area contributed by atoms with Gasteiger partial charge in [0.25, 0.3) is 11.6 Å². The number of hydrogen-bond donors (Lipinski definition) is 0. The van der Waals surface area contributed by atoms with E-state index in [4.69, 9.17) is 4.42 Å². The van der Waals surface area contributed by atoms with Crippen LogP contribution in [0.25, 0.3) is 17.4 Å². The van der Waals surface area contributed by atoms with Gasteiger partial charge in [0.1, 0.15) is 11.5 Å². The van der Waals surface area contributed by atoms with Crippen molar-refractivity contribution < 1.29 is 14.1 Å². The molecule has 0 saturated carbocycles. The van der Waals surface area contributed by atoms with Crippen LogP contribution in [0.4, 0.5) is 11.4 Å². The van der Waals surface area contributed by atoms with Crippen molar-refractivity contribution in [2.75, 3.05) is 5.01 Å². The molecule has 0 unspecified atom stereocenters. The first-order valence-corrected chi connectivity index (χ1v) is 9.61. The zero-order valence-electron chi connectivity index (χ0n) is 16.3. The molecule has 4 rings (SSSR count). The smallest absolute Gasteiger partial charge is 0.280 e. The van der Waals surface area contributed by atoms with Crippen LogP contribution in [0.5, 0.6) is 0 Å². The number of hydrazone groups is 1. The van der Waals surface area contributed by atoms with Crippen molar-refractivity contribution in [1.82, 2.24) is 0 Å². The number of nitro benzene ring substituents is 1. The molecule has 1 amide bonds. The van der Waals surface area contributed by atoms with Crippen LogP contribution >= 0.6 is 0 Å². The number of hydrogen-bond acceptors (Lipinski definition) is 5. The zero-order chi connectivity index (χ0) is 21.1. The van der Waals surface area contributed by atoms with Gasteiger partial charge in [-0.05, 0) is 42.8 Å². The van der Waals surface area contributed by atoms with Crippen molar-refractivity contribution in [3.8, 4) is 11.3 Å². The van der Waals surface area contributed by atoms with Crippen LogP contribution in [0.1, 0.15) is 25.5 Å². The Kier molecular flexibility index (Phi) is 5.26. The molecule has 1 aromatic heterocycles. The predicted molar refractivity (Wildman–Crippen MR) is 115 cm³/mol. The third kappa shape index (κ3) is 3.65. The molecule has 2 aromatic carbocycles. The van der Waals surface area contributed by atoms with E-state index in [0.717, 1.165) is 6.42 Å². The highest BCUT2D eigenvalue weighted by atomic mass is 16.6. The highest BCUT2D eigenvalue weighted by molar-refractivity contribution is 6.32. The number of benzene rings is 2. The van der Waals surface area contributed by atoms with Gasteiger partial charge >= 0.3 is 0 Å². The molecule has 1 aliphatic heterocycles. The highest BCUT2D eigenvalue weighted by Crippen LogP contribution is 2.32. The molecule has 0 atom stereocenters. The lowest BCUT2D eigenvalue weighted by Gasteiger charge is -2.10. The second-order valence-corrected chi connectivity index (χ2v) is 6.78. The van der Waals surface area contributed by atoms with Crippen molar-refractivity contribution in [2.24, 2.45) is 5.10 Å². The Morgan fingerprint density at radius 2 is 1.80 bits per heavy atom. The molecule has 7 nitrogen and oxygen atoms in total. The van der Waals surface area contributed by atoms with Gasteiger partial charge in [-0.3, -0.25) is 14.9 Å². The van der Waals surface area contributed by atoms with E-state index in [0.29, 0.717) is 40.5 Å². The van der Waals surface area contributed by atoms with E-state index in [1.54, 1.807) is 36.4 Å². The van der Waals surface area contributed by atoms with E-state index < -0.39 is 4.92 Å². The fourth-order valence-electron chi connectivity index (χ4n) is 3.33. The second-order valence-electron chi connectivity index (χ2n) is 6.78. The number of amides is 1. The van der Waals surface area contributed by atoms with E-state index in [-0.39, 0.29) is 11.6 Å². The van der Waals surface area contributed by atoms with Crippen molar-refractivity contribution in [3.05, 3.63) is 88.2 Å². The fraction of sp³-hybridized carbons (Fsp3) is 0.130. The molecule has 150 valence electrons. The number of nitrogens with zero attached hydrogens (tertiary/aromatic N) is 3. The summed E-state index contributed by atoms with van der Waals surface area (Å²) in [4.78, 5) is 23.9. The maximum Gasteiger partial charge on any atom is 0.280 e. The van der Waals surface area contributed by atoms with Gasteiger partial charge in [-0.15, -0.1) is 0 Å². The normalized spacial score (nSPS) is 15.0. The Balaban J connectivity index is 1.69. The molecular weight excluding hydrogens is 382 g/mol. The van der Waals surface area contributed by atoms with Crippen LogP contribution in [0.15, 0.2) is 81.8 Å². The van der Waals surface area contributed by atoms with Crippen LogP contribution in [0, 0.1) is 10.1 Å². The number of anilines is 1. The Labute approximate surface area is 173 Å². The molecule has 2 heterocycles. The summed E-state index contributed by atoms with van der Waals surface area (Å²) in [5.74, 6) is 0.576. The number of carbonyl (C=O) groups excluding carboxylic acids is 1. The highest BCUT2D eigenvalue weighted by Gasteiger charge is 2.31. The zero-order valence-corrected chi connectivity index (χ0v) is 16.3. The summed E-state index contributed by atoms with van der Waals surface area (Å²) in [5.41, 5.74) is 2.20. The third-order valence-corrected chi connectivity index (χ3v) is 4.72. The van der Waals surface area contributed by atoms with E-state index in [2.05, 4.69) is 5.10 Å². The maximum atomic E-state index is 13.0. The van der Waals surface area contributed by atoms with Gasteiger partial charge in [-0.1, -0.05) is 43.7 Å². The summed E-state index contributed by atoms with van der Waals surface area (Å²) in [5, 5.41) is 17.2. The van der Waals surface area contributed by atoms with E-state index in [9.17, 15) is 14.9 Å². The SMILES string of the molecule is CCCC1=NN(c2ccccc2)C(=O)/C1=C/c1ccc(-c2ccccc2[N+](=O)[O-])o1. The average molecular weight is 401 g/mol. The van der Waals surface area contributed by atoms with Crippen molar-refractivity contribution in [2.45, 2.75) is 19.8 Å². The largest absolute Gasteiger partial charge is 0.456 e. The standard InChI is InChI=1S/C23H19N3O4/c1-2-8-20-19(23(27)25(24-20)16-9-4-3-5-10-16)15-17-13-14-22(30-17)18-11-6-7-12-21(18)26(28)29/h3-7,9-15H,2,8H2,1H3/b19-15+. The molecule has 0 spiro atoms. The number of carbonyl (C=O) groups is 1. The van der Waals surface area contributed by atoms with Gasteiger partial charge in [0.15, 0.2) is 0 Å². The molecule has 0 aliphatic carbocycles. The minimum Gasteiger partial charge on any atom is -0.456 e. The van der Waals surface area contributed by atoms with Crippen LogP contribution in [0.3, 0.4) is 0 Å². The first-order chi connectivity index (χ1) is 14.6. The molecule has 0 fully saturated rings. The molecule has 3 aromatic rings. The van der Waals surface area contributed by atoms with Crippen LogP contribution in [-0.4, -0.2) is 16.5 Å². The summed E-state index contributed by atoms with van der Waals surface area (Å²) >= 11 is 0. The van der Waals surface area contributed by atoms with Crippen molar-refractivity contribution in [3.63, 3.8) is 0 Å². The maximum absolute atomic E-state index is 13.0. The number of para-hydroxylation sites is 2. The molecule has 0 radical (unpaired) electrons.